The van der Waals surface area contributed by atoms with Crippen LogP contribution in [-0.4, -0.2) is 5.71 Å². The average Bonchev–Trinajstić information content (AvgIpc) is 2.48. The van der Waals surface area contributed by atoms with E-state index in [1.165, 1.54) is 6.07 Å². The molecule has 0 bridgehead atoms. The lowest BCUT2D eigenvalue weighted by molar-refractivity contribution is -0.137. The van der Waals surface area contributed by atoms with E-state index >= 15 is 0 Å². The first kappa shape index (κ1) is 16.4. The van der Waals surface area contributed by atoms with Gasteiger partial charge in [-0.15, -0.1) is 12.6 Å². The summed E-state index contributed by atoms with van der Waals surface area (Å²) in [5.41, 5.74) is 0.892. The van der Waals surface area contributed by atoms with E-state index in [1.807, 2.05) is 24.3 Å². The number of rotatable bonds is 4. The number of benzene rings is 2. The van der Waals surface area contributed by atoms with Crippen molar-refractivity contribution < 1.29 is 18.0 Å². The number of thiol groups is 1. The summed E-state index contributed by atoms with van der Waals surface area (Å²) in [6.45, 7) is 1.80. The highest BCUT2D eigenvalue weighted by molar-refractivity contribution is 7.80. The van der Waals surface area contributed by atoms with Crippen molar-refractivity contribution in [1.82, 2.24) is 0 Å². The van der Waals surface area contributed by atoms with Gasteiger partial charge in [-0.1, -0.05) is 35.5 Å². The predicted molar refractivity (Wildman–Crippen MR) is 82.1 cm³/mol. The highest BCUT2D eigenvalue weighted by Gasteiger charge is 2.30. The molecule has 0 unspecified atom stereocenters. The van der Waals surface area contributed by atoms with Gasteiger partial charge in [0.1, 0.15) is 6.61 Å². The third-order valence-corrected chi connectivity index (χ3v) is 3.46. The van der Waals surface area contributed by atoms with Crippen molar-refractivity contribution in [3.05, 3.63) is 65.2 Å². The van der Waals surface area contributed by atoms with Gasteiger partial charge in [0.25, 0.3) is 0 Å². The van der Waals surface area contributed by atoms with Gasteiger partial charge in [0.05, 0.1) is 11.3 Å². The van der Waals surface area contributed by atoms with E-state index in [0.717, 1.165) is 22.6 Å². The Morgan fingerprint density at radius 1 is 1.14 bits per heavy atom. The first-order chi connectivity index (χ1) is 10.4. The summed E-state index contributed by atoms with van der Waals surface area (Å²) in [6.07, 6.45) is -4.37. The van der Waals surface area contributed by atoms with Crippen molar-refractivity contribution in [2.75, 3.05) is 0 Å². The van der Waals surface area contributed by atoms with Gasteiger partial charge in [0, 0.05) is 10.5 Å². The number of oxime groups is 1. The number of hydrogen-bond acceptors (Lipinski definition) is 3. The Kier molecular flexibility index (Phi) is 5.13. The third-order valence-electron chi connectivity index (χ3n) is 3.02. The maximum Gasteiger partial charge on any atom is 0.416 e. The molecular weight excluding hydrogens is 311 g/mol. The Morgan fingerprint density at radius 2 is 1.86 bits per heavy atom. The molecule has 116 valence electrons. The molecule has 0 atom stereocenters. The van der Waals surface area contributed by atoms with E-state index in [0.29, 0.717) is 11.3 Å². The van der Waals surface area contributed by atoms with Crippen LogP contribution in [0.5, 0.6) is 0 Å². The second-order valence-electron chi connectivity index (χ2n) is 4.66. The molecule has 0 aliphatic heterocycles. The van der Waals surface area contributed by atoms with E-state index in [4.69, 9.17) is 4.84 Å². The summed E-state index contributed by atoms with van der Waals surface area (Å²) >= 11 is 4.28. The third kappa shape index (κ3) is 4.27. The lowest BCUT2D eigenvalue weighted by Crippen LogP contribution is -2.06. The van der Waals surface area contributed by atoms with Crippen molar-refractivity contribution in [2.24, 2.45) is 5.16 Å². The van der Waals surface area contributed by atoms with Crippen LogP contribution in [0.4, 0.5) is 13.2 Å². The van der Waals surface area contributed by atoms with Crippen molar-refractivity contribution >= 4 is 18.3 Å². The largest absolute Gasteiger partial charge is 0.416 e. The topological polar surface area (TPSA) is 21.6 Å². The fraction of sp³-hybridized carbons (Fsp3) is 0.188. The molecule has 0 aliphatic rings. The average molecular weight is 325 g/mol. The Hall–Kier alpha value is -1.95. The fourth-order valence-electron chi connectivity index (χ4n) is 1.80. The molecule has 22 heavy (non-hydrogen) atoms. The minimum atomic E-state index is -4.37. The Bertz CT molecular complexity index is 683. The van der Waals surface area contributed by atoms with Gasteiger partial charge in [-0.3, -0.25) is 0 Å². The summed E-state index contributed by atoms with van der Waals surface area (Å²) < 4.78 is 38.0. The molecule has 0 aliphatic carbocycles. The van der Waals surface area contributed by atoms with E-state index in [9.17, 15) is 13.2 Å². The quantitative estimate of drug-likeness (QED) is 0.480. The van der Waals surface area contributed by atoms with Gasteiger partial charge in [-0.2, -0.15) is 13.2 Å². The highest BCUT2D eigenvalue weighted by Crippen LogP contribution is 2.29. The molecule has 0 N–H and O–H groups in total. The van der Waals surface area contributed by atoms with Crippen LogP contribution in [0.15, 0.2) is 58.6 Å². The molecule has 2 aromatic carbocycles. The SMILES string of the molecule is CC(=NOCc1ccccc1S)c1cccc(C(F)(F)F)c1. The van der Waals surface area contributed by atoms with Crippen LogP contribution in [-0.2, 0) is 17.6 Å². The first-order valence-corrected chi connectivity index (χ1v) is 6.93. The van der Waals surface area contributed by atoms with Crippen LogP contribution >= 0.6 is 12.6 Å². The molecule has 0 spiro atoms. The van der Waals surface area contributed by atoms with Gasteiger partial charge in [-0.05, 0) is 30.7 Å². The zero-order valence-electron chi connectivity index (χ0n) is 11.8. The van der Waals surface area contributed by atoms with Crippen LogP contribution in [0.1, 0.15) is 23.6 Å². The lowest BCUT2D eigenvalue weighted by Gasteiger charge is -2.08. The molecule has 2 rings (SSSR count). The molecule has 6 heteroatoms. The van der Waals surface area contributed by atoms with Crippen LogP contribution in [0, 0.1) is 0 Å². The second kappa shape index (κ2) is 6.87. The van der Waals surface area contributed by atoms with Crippen molar-refractivity contribution in [3.63, 3.8) is 0 Å². The highest BCUT2D eigenvalue weighted by atomic mass is 32.1. The lowest BCUT2D eigenvalue weighted by atomic mass is 10.1. The van der Waals surface area contributed by atoms with Gasteiger partial charge in [-0.25, -0.2) is 0 Å². The molecule has 0 saturated carbocycles. The summed E-state index contributed by atoms with van der Waals surface area (Å²) in [7, 11) is 0. The summed E-state index contributed by atoms with van der Waals surface area (Å²) in [5, 5.41) is 3.87. The number of halogens is 3. The molecular formula is C16H14F3NOS. The number of hydrogen-bond donors (Lipinski definition) is 1. The number of nitrogens with zero attached hydrogens (tertiary/aromatic N) is 1. The Labute approximate surface area is 132 Å². The van der Waals surface area contributed by atoms with Gasteiger partial charge in [0.15, 0.2) is 0 Å². The normalized spacial score (nSPS) is 12.3. The monoisotopic (exact) mass is 325 g/mol. The smallest absolute Gasteiger partial charge is 0.391 e. The maximum absolute atomic E-state index is 12.7. The van der Waals surface area contributed by atoms with Crippen molar-refractivity contribution in [1.29, 1.82) is 0 Å². The molecule has 0 amide bonds. The van der Waals surface area contributed by atoms with E-state index in [-0.39, 0.29) is 6.61 Å². The van der Waals surface area contributed by atoms with Crippen LogP contribution in [0.3, 0.4) is 0 Å². The summed E-state index contributed by atoms with van der Waals surface area (Å²) in [4.78, 5) is 5.97. The first-order valence-electron chi connectivity index (χ1n) is 6.49. The minimum Gasteiger partial charge on any atom is -0.391 e. The number of alkyl halides is 3. The molecule has 0 radical (unpaired) electrons. The summed E-state index contributed by atoms with van der Waals surface area (Å²) in [6, 6.07) is 12.3. The van der Waals surface area contributed by atoms with Crippen LogP contribution in [0.2, 0.25) is 0 Å². The van der Waals surface area contributed by atoms with E-state index in [2.05, 4.69) is 17.8 Å². The standard InChI is InChI=1S/C16H14F3NOS/c1-11(12-6-4-7-14(9-12)16(17,18)19)20-21-10-13-5-2-3-8-15(13)22/h2-9,22H,10H2,1H3. The fourth-order valence-corrected chi connectivity index (χ4v) is 2.03. The molecule has 0 aromatic heterocycles. The molecule has 2 aromatic rings. The molecule has 0 saturated heterocycles. The zero-order valence-corrected chi connectivity index (χ0v) is 12.7. The maximum atomic E-state index is 12.7. The van der Waals surface area contributed by atoms with Gasteiger partial charge >= 0.3 is 6.18 Å². The van der Waals surface area contributed by atoms with Crippen molar-refractivity contribution in [2.45, 2.75) is 24.6 Å². The Balaban J connectivity index is 2.08. The minimum absolute atomic E-state index is 0.204. The molecule has 2 nitrogen and oxygen atoms in total. The second-order valence-corrected chi connectivity index (χ2v) is 5.14. The predicted octanol–water partition coefficient (Wildman–Crippen LogP) is 4.93. The van der Waals surface area contributed by atoms with E-state index in [1.54, 1.807) is 13.0 Å². The summed E-state index contributed by atoms with van der Waals surface area (Å²) in [5.74, 6) is 0. The van der Waals surface area contributed by atoms with E-state index < -0.39 is 11.7 Å². The molecule has 0 fully saturated rings. The Morgan fingerprint density at radius 3 is 2.55 bits per heavy atom. The van der Waals surface area contributed by atoms with Crippen molar-refractivity contribution in [3.8, 4) is 0 Å². The van der Waals surface area contributed by atoms with Crippen LogP contribution < -0.4 is 0 Å². The van der Waals surface area contributed by atoms with Crippen LogP contribution in [0.25, 0.3) is 0 Å². The zero-order chi connectivity index (χ0) is 16.2. The van der Waals surface area contributed by atoms with Gasteiger partial charge < -0.3 is 4.84 Å². The van der Waals surface area contributed by atoms with Gasteiger partial charge in [0.2, 0.25) is 0 Å². The molecule has 0 heterocycles.